The molecule has 3 aromatic carbocycles. The standard InChI is InChI=1S/C24H24O9P2/c1-13-8-15(3)21-20(11-13)24(25)23(17-9-14(2)10-19(12-17)33-35(29,30)31)22(21)16-4-6-18(7-5-16)32-34(26,27)28/h4-12,22-23H,1-3H3,(H2,26,27,28)(H2,29,30,31)/t22-,23+/m1/s1. The van der Waals surface area contributed by atoms with Crippen LogP contribution >= 0.6 is 15.6 Å². The topological polar surface area (TPSA) is 151 Å². The second-order valence-electron chi connectivity index (χ2n) is 8.67. The van der Waals surface area contributed by atoms with Gasteiger partial charge in [-0.3, -0.25) is 24.4 Å². The molecule has 3 aromatic rings. The van der Waals surface area contributed by atoms with Gasteiger partial charge in [-0.1, -0.05) is 29.8 Å². The van der Waals surface area contributed by atoms with Gasteiger partial charge in [-0.15, -0.1) is 0 Å². The van der Waals surface area contributed by atoms with Gasteiger partial charge in [-0.25, -0.2) is 9.13 Å². The van der Waals surface area contributed by atoms with Crippen LogP contribution in [0.4, 0.5) is 0 Å². The molecule has 0 saturated carbocycles. The first-order valence-electron chi connectivity index (χ1n) is 10.6. The zero-order valence-electron chi connectivity index (χ0n) is 19.1. The van der Waals surface area contributed by atoms with Crippen LogP contribution in [-0.4, -0.2) is 25.4 Å². The molecule has 11 heteroatoms. The molecule has 0 heterocycles. The molecule has 2 atom stereocenters. The lowest BCUT2D eigenvalue weighted by molar-refractivity contribution is 0.0968. The Bertz CT molecular complexity index is 1400. The molecule has 4 rings (SSSR count). The molecule has 0 spiro atoms. The van der Waals surface area contributed by atoms with E-state index in [1.165, 1.54) is 24.3 Å². The van der Waals surface area contributed by atoms with Gasteiger partial charge in [0, 0.05) is 11.5 Å². The van der Waals surface area contributed by atoms with Crippen molar-refractivity contribution in [1.29, 1.82) is 0 Å². The average molecular weight is 518 g/mol. The van der Waals surface area contributed by atoms with Crippen LogP contribution in [-0.2, 0) is 9.13 Å². The molecule has 0 aliphatic heterocycles. The van der Waals surface area contributed by atoms with E-state index in [4.69, 9.17) is 14.3 Å². The average Bonchev–Trinajstić information content (AvgIpc) is 2.98. The zero-order valence-corrected chi connectivity index (χ0v) is 20.9. The number of phosphoric ester groups is 2. The minimum atomic E-state index is -4.81. The molecule has 0 amide bonds. The molecule has 1 aliphatic rings. The van der Waals surface area contributed by atoms with Crippen LogP contribution in [0.1, 0.15) is 55.6 Å². The minimum absolute atomic E-state index is 0.0169. The lowest BCUT2D eigenvalue weighted by Crippen LogP contribution is -2.14. The molecular formula is C24H24O9P2. The van der Waals surface area contributed by atoms with Crippen molar-refractivity contribution in [1.82, 2.24) is 0 Å². The summed E-state index contributed by atoms with van der Waals surface area (Å²) >= 11 is 0. The van der Waals surface area contributed by atoms with Gasteiger partial charge in [0.25, 0.3) is 0 Å². The summed E-state index contributed by atoms with van der Waals surface area (Å²) in [4.78, 5) is 50.4. The number of aryl methyl sites for hydroxylation is 3. The van der Waals surface area contributed by atoms with E-state index in [0.29, 0.717) is 22.3 Å². The number of hydrogen-bond donors (Lipinski definition) is 4. The highest BCUT2D eigenvalue weighted by molar-refractivity contribution is 7.47. The SMILES string of the molecule is Cc1cc(OP(=O)(O)O)cc([C@@H]2C(=O)c3cc(C)cc(C)c3[C@H]2c2ccc(OP(=O)(O)O)cc2)c1. The Hall–Kier alpha value is -2.77. The van der Waals surface area contributed by atoms with E-state index in [0.717, 1.165) is 16.7 Å². The van der Waals surface area contributed by atoms with E-state index in [9.17, 15) is 23.7 Å². The molecule has 1 aliphatic carbocycles. The number of carbonyl (C=O) groups excluding carboxylic acids is 1. The number of phosphoric acid groups is 2. The Kier molecular flexibility index (Phi) is 6.53. The van der Waals surface area contributed by atoms with Crippen molar-refractivity contribution in [3.8, 4) is 11.5 Å². The summed E-state index contributed by atoms with van der Waals surface area (Å²) in [6.07, 6.45) is 0. The van der Waals surface area contributed by atoms with Crippen LogP contribution in [0.5, 0.6) is 11.5 Å². The molecule has 0 fully saturated rings. The van der Waals surface area contributed by atoms with Gasteiger partial charge in [0.1, 0.15) is 11.5 Å². The van der Waals surface area contributed by atoms with Crippen molar-refractivity contribution in [2.24, 2.45) is 0 Å². The number of carbonyl (C=O) groups is 1. The van der Waals surface area contributed by atoms with Gasteiger partial charge in [0.2, 0.25) is 0 Å². The predicted molar refractivity (Wildman–Crippen MR) is 128 cm³/mol. The van der Waals surface area contributed by atoms with Crippen LogP contribution in [0.25, 0.3) is 0 Å². The maximum Gasteiger partial charge on any atom is 0.524 e. The molecule has 0 saturated heterocycles. The number of benzene rings is 3. The summed E-state index contributed by atoms with van der Waals surface area (Å²) in [6, 6.07) is 14.7. The highest BCUT2D eigenvalue weighted by Gasteiger charge is 2.43. The summed E-state index contributed by atoms with van der Waals surface area (Å²) in [5.74, 6) is -1.36. The first-order chi connectivity index (χ1) is 16.2. The zero-order chi connectivity index (χ0) is 25.7. The van der Waals surface area contributed by atoms with Crippen LogP contribution in [0.2, 0.25) is 0 Å². The number of hydrogen-bond acceptors (Lipinski definition) is 5. The summed E-state index contributed by atoms with van der Waals surface area (Å²) in [6.45, 7) is 5.55. The molecule has 0 aromatic heterocycles. The smallest absolute Gasteiger partial charge is 0.404 e. The molecule has 184 valence electrons. The monoisotopic (exact) mass is 518 g/mol. The van der Waals surface area contributed by atoms with Crippen molar-refractivity contribution in [2.75, 3.05) is 0 Å². The second kappa shape index (κ2) is 9.03. The molecule has 4 N–H and O–H groups in total. The van der Waals surface area contributed by atoms with E-state index in [1.807, 2.05) is 26.0 Å². The van der Waals surface area contributed by atoms with Gasteiger partial charge < -0.3 is 9.05 Å². The molecule has 0 bridgehead atoms. The van der Waals surface area contributed by atoms with E-state index in [1.54, 1.807) is 25.1 Å². The van der Waals surface area contributed by atoms with E-state index < -0.39 is 27.5 Å². The Morgan fingerprint density at radius 2 is 1.26 bits per heavy atom. The first-order valence-corrected chi connectivity index (χ1v) is 13.6. The van der Waals surface area contributed by atoms with Crippen LogP contribution in [0, 0.1) is 20.8 Å². The Morgan fingerprint density at radius 3 is 1.86 bits per heavy atom. The Morgan fingerprint density at radius 1 is 0.686 bits per heavy atom. The third-order valence-electron chi connectivity index (χ3n) is 5.84. The summed E-state index contributed by atoms with van der Waals surface area (Å²) < 4.78 is 32.1. The Labute approximate surface area is 201 Å². The van der Waals surface area contributed by atoms with Crippen LogP contribution in [0.15, 0.2) is 54.6 Å². The maximum absolute atomic E-state index is 13.7. The fraction of sp³-hybridized carbons (Fsp3) is 0.208. The lowest BCUT2D eigenvalue weighted by atomic mass is 9.80. The van der Waals surface area contributed by atoms with Crippen molar-refractivity contribution in [3.05, 3.63) is 93.5 Å². The summed E-state index contributed by atoms with van der Waals surface area (Å²) in [5.41, 5.74) is 5.13. The van der Waals surface area contributed by atoms with Gasteiger partial charge >= 0.3 is 15.6 Å². The van der Waals surface area contributed by atoms with Crippen LogP contribution in [0.3, 0.4) is 0 Å². The van der Waals surface area contributed by atoms with Gasteiger partial charge in [0.15, 0.2) is 5.78 Å². The molecule has 9 nitrogen and oxygen atoms in total. The van der Waals surface area contributed by atoms with Crippen molar-refractivity contribution in [3.63, 3.8) is 0 Å². The molecular weight excluding hydrogens is 494 g/mol. The molecule has 35 heavy (non-hydrogen) atoms. The number of rotatable bonds is 6. The summed E-state index contributed by atoms with van der Waals surface area (Å²) in [5, 5.41) is 0. The quantitative estimate of drug-likeness (QED) is 0.341. The van der Waals surface area contributed by atoms with Gasteiger partial charge in [-0.2, -0.15) is 0 Å². The van der Waals surface area contributed by atoms with Crippen molar-refractivity contribution >= 4 is 21.4 Å². The van der Waals surface area contributed by atoms with E-state index >= 15 is 0 Å². The number of Topliss-reactive ketones (excluding diaryl/α,β-unsaturated/α-hetero) is 1. The highest BCUT2D eigenvalue weighted by Crippen LogP contribution is 2.51. The third kappa shape index (κ3) is 5.57. The lowest BCUT2D eigenvalue weighted by Gasteiger charge is -2.23. The Balaban J connectivity index is 1.87. The van der Waals surface area contributed by atoms with Crippen molar-refractivity contribution in [2.45, 2.75) is 32.6 Å². The predicted octanol–water partition coefficient (Wildman–Crippen LogP) is 4.67. The summed E-state index contributed by atoms with van der Waals surface area (Å²) in [7, 11) is -9.53. The molecule has 0 unspecified atom stereocenters. The highest BCUT2D eigenvalue weighted by atomic mass is 31.2. The van der Waals surface area contributed by atoms with Gasteiger partial charge in [-0.05, 0) is 78.9 Å². The van der Waals surface area contributed by atoms with Gasteiger partial charge in [0.05, 0.1) is 5.92 Å². The van der Waals surface area contributed by atoms with E-state index in [-0.39, 0.29) is 17.3 Å². The fourth-order valence-corrected chi connectivity index (χ4v) is 5.58. The fourth-order valence-electron chi connectivity index (χ4n) is 4.80. The normalized spacial score (nSPS) is 17.9. The second-order valence-corrected chi connectivity index (χ2v) is 11.0. The largest absolute Gasteiger partial charge is 0.524 e. The number of fused-ring (bicyclic) bond motifs is 1. The first kappa shape index (κ1) is 25.3. The van der Waals surface area contributed by atoms with E-state index in [2.05, 4.69) is 4.52 Å². The molecule has 0 radical (unpaired) electrons. The number of ketones is 1. The van der Waals surface area contributed by atoms with Crippen molar-refractivity contribution < 1.29 is 42.5 Å². The van der Waals surface area contributed by atoms with Crippen LogP contribution < -0.4 is 9.05 Å². The third-order valence-corrected chi connectivity index (χ3v) is 6.74. The minimum Gasteiger partial charge on any atom is -0.404 e. The maximum atomic E-state index is 13.7.